The van der Waals surface area contributed by atoms with Gasteiger partial charge in [0.15, 0.2) is 0 Å². The minimum Gasteiger partial charge on any atom is -0.483 e. The molecule has 0 saturated heterocycles. The van der Waals surface area contributed by atoms with Crippen LogP contribution in [0.3, 0.4) is 0 Å². The summed E-state index contributed by atoms with van der Waals surface area (Å²) in [6.07, 6.45) is 0. The first-order chi connectivity index (χ1) is 6.61. The zero-order valence-electron chi connectivity index (χ0n) is 6.98. The van der Waals surface area contributed by atoms with Crippen molar-refractivity contribution in [1.29, 1.82) is 0 Å². The molecule has 15 heavy (non-hydrogen) atoms. The molecule has 14 heteroatoms. The lowest BCUT2D eigenvalue weighted by molar-refractivity contribution is -0.122. The van der Waals surface area contributed by atoms with Crippen LogP contribution in [0.1, 0.15) is 0 Å². The number of carboxylic acid groups (broad SMARTS) is 1. The summed E-state index contributed by atoms with van der Waals surface area (Å²) in [7, 11) is -8.00. The first kappa shape index (κ1) is 23.8. The van der Waals surface area contributed by atoms with E-state index >= 15 is 0 Å². The van der Waals surface area contributed by atoms with Gasteiger partial charge < -0.3 is 35.3 Å². The number of hydrogen-bond acceptors (Lipinski definition) is 7. The van der Waals surface area contributed by atoms with Gasteiger partial charge >= 0.3 is 22.2 Å². The molecule has 0 fully saturated rings. The molecule has 0 spiro atoms. The van der Waals surface area contributed by atoms with E-state index in [1.54, 1.807) is 0 Å². The van der Waals surface area contributed by atoms with Gasteiger partial charge in [-0.05, 0) is 0 Å². The molecule has 0 aliphatic rings. The number of rotatable bonds is 0. The third-order valence-electron chi connectivity index (χ3n) is 0. The molecule has 8 nitrogen and oxygen atoms in total. The predicted octanol–water partition coefficient (Wildman–Crippen LogP) is -3.52. The first-order valence-electron chi connectivity index (χ1n) is 2.70. The van der Waals surface area contributed by atoms with Crippen LogP contribution in [0.4, 0.5) is 12.9 Å². The van der Waals surface area contributed by atoms with E-state index in [1.165, 1.54) is 0 Å². The fourth-order valence-electron chi connectivity index (χ4n) is 0. The Bertz CT molecular complexity index is 80.6. The van der Waals surface area contributed by atoms with Crippen molar-refractivity contribution in [1.82, 2.24) is 0 Å². The lowest BCUT2D eigenvalue weighted by atomic mass is 10.3. The molecule has 0 aromatic carbocycles. The Hall–Kier alpha value is -0.785. The van der Waals surface area contributed by atoms with Gasteiger partial charge in [-0.2, -0.15) is 0 Å². The molecule has 0 aromatic heterocycles. The Kier molecular flexibility index (Phi) is 36.8. The van der Waals surface area contributed by atoms with Gasteiger partial charge in [0.05, 0.1) is 0 Å². The topological polar surface area (TPSA) is 159 Å². The van der Waals surface area contributed by atoms with Gasteiger partial charge in [-0.25, -0.2) is 0 Å². The highest BCUT2D eigenvalue weighted by atomic mass is 19.1. The van der Waals surface area contributed by atoms with Crippen molar-refractivity contribution in [3.05, 3.63) is 0 Å². The second-order valence-electron chi connectivity index (χ2n) is 1.04. The molecule has 0 saturated carbocycles. The minimum atomic E-state index is -2.67. The third kappa shape index (κ3) is 2700. The molecule has 0 radical (unpaired) electrons. The average molecular weight is 237 g/mol. The number of carbonyl (C=O) groups is 1. The Morgan fingerprint density at radius 2 is 0.733 bits per heavy atom. The summed E-state index contributed by atoms with van der Waals surface area (Å²) < 4.78 is 30.3. The van der Waals surface area contributed by atoms with Crippen molar-refractivity contribution < 1.29 is 53.0 Å². The van der Waals surface area contributed by atoms with Crippen LogP contribution in [0, 0.1) is 0 Å². The van der Waals surface area contributed by atoms with E-state index in [0.29, 0.717) is 0 Å². The summed E-state index contributed by atoms with van der Waals surface area (Å²) in [5.74, 6) is 0. The van der Waals surface area contributed by atoms with E-state index < -0.39 is 22.2 Å². The van der Waals surface area contributed by atoms with Gasteiger partial charge in [0.1, 0.15) is 0 Å². The SMILES string of the molecule is O=CO.OB(O)F.OB(O)F.OB(O)F. The maximum atomic E-state index is 10.1. The molecule has 0 bridgehead atoms. The number of hydrogen-bond donors (Lipinski definition) is 7. The standard InChI is InChI=1S/CH2O2.3BFH2O2/c2-1-3;3*2-1(3)4/h1H,(H,2,3);3*3-4H. The van der Waals surface area contributed by atoms with E-state index in [1.807, 2.05) is 0 Å². The van der Waals surface area contributed by atoms with Crippen LogP contribution in [0.25, 0.3) is 0 Å². The summed E-state index contributed by atoms with van der Waals surface area (Å²) in [4.78, 5) is 8.36. The highest BCUT2D eigenvalue weighted by Gasteiger charge is 1.98. The van der Waals surface area contributed by atoms with Gasteiger partial charge in [0.25, 0.3) is 6.47 Å². The predicted molar refractivity (Wildman–Crippen MR) is 42.6 cm³/mol. The van der Waals surface area contributed by atoms with Crippen LogP contribution in [0.2, 0.25) is 0 Å². The van der Waals surface area contributed by atoms with Gasteiger partial charge in [-0.1, -0.05) is 0 Å². The van der Waals surface area contributed by atoms with Crippen LogP contribution in [-0.4, -0.2) is 63.9 Å². The normalized spacial score (nSPS) is 6.20. The zero-order valence-corrected chi connectivity index (χ0v) is 6.98. The molecule has 0 aliphatic carbocycles. The smallest absolute Gasteiger partial charge is 0.483 e. The van der Waals surface area contributed by atoms with Crippen molar-refractivity contribution in [3.8, 4) is 0 Å². The second kappa shape index (κ2) is 23.2. The quantitative estimate of drug-likeness (QED) is 0.169. The Balaban J connectivity index is -0.0000000542. The summed E-state index contributed by atoms with van der Waals surface area (Å²) in [5.41, 5.74) is 0. The van der Waals surface area contributed by atoms with Crippen molar-refractivity contribution in [2.75, 3.05) is 0 Å². The monoisotopic (exact) mass is 238 g/mol. The largest absolute Gasteiger partial charge is 0.674 e. The summed E-state index contributed by atoms with van der Waals surface area (Å²) in [6, 6.07) is 0. The maximum absolute atomic E-state index is 10.1. The van der Waals surface area contributed by atoms with Crippen molar-refractivity contribution in [2.24, 2.45) is 0 Å². The van der Waals surface area contributed by atoms with Crippen molar-refractivity contribution in [2.45, 2.75) is 0 Å². The Morgan fingerprint density at radius 3 is 0.733 bits per heavy atom. The number of halogens is 3. The van der Waals surface area contributed by atoms with Crippen LogP contribution in [0.5, 0.6) is 0 Å². The Labute approximate surface area is 82.8 Å². The summed E-state index contributed by atoms with van der Waals surface area (Å²) >= 11 is 0. The fraction of sp³-hybridized carbons (Fsp3) is 0. The molecule has 0 rings (SSSR count). The molecule has 0 atom stereocenters. The van der Waals surface area contributed by atoms with Crippen molar-refractivity contribution in [3.63, 3.8) is 0 Å². The molecule has 0 unspecified atom stereocenters. The lowest BCUT2D eigenvalue weighted by Gasteiger charge is -1.65. The van der Waals surface area contributed by atoms with E-state index in [-0.39, 0.29) is 6.47 Å². The van der Waals surface area contributed by atoms with Crippen LogP contribution in [0.15, 0.2) is 0 Å². The summed E-state index contributed by atoms with van der Waals surface area (Å²) in [5, 5.41) is 48.6. The lowest BCUT2D eigenvalue weighted by Crippen LogP contribution is -1.98. The zero-order chi connectivity index (χ0) is 13.4. The molecular formula is CH8B3F3O8. The minimum absolute atomic E-state index is 0.250. The molecular weight excluding hydrogens is 229 g/mol. The van der Waals surface area contributed by atoms with Gasteiger partial charge in [-0.15, -0.1) is 0 Å². The van der Waals surface area contributed by atoms with Crippen LogP contribution >= 0.6 is 0 Å². The maximum Gasteiger partial charge on any atom is 0.674 e. The van der Waals surface area contributed by atoms with Gasteiger partial charge in [0, 0.05) is 0 Å². The third-order valence-corrected chi connectivity index (χ3v) is 0. The highest BCUT2D eigenvalue weighted by molar-refractivity contribution is 6.32. The molecule has 0 aromatic rings. The molecule has 7 N–H and O–H groups in total. The molecule has 90 valence electrons. The molecule has 0 heterocycles. The first-order valence-corrected chi connectivity index (χ1v) is 2.70. The van der Waals surface area contributed by atoms with Crippen LogP contribution < -0.4 is 0 Å². The second-order valence-corrected chi connectivity index (χ2v) is 1.04. The summed E-state index contributed by atoms with van der Waals surface area (Å²) in [6.45, 7) is -0.250. The van der Waals surface area contributed by atoms with Gasteiger partial charge in [-0.3, -0.25) is 17.7 Å². The van der Waals surface area contributed by atoms with Gasteiger partial charge in [0.2, 0.25) is 0 Å². The fourth-order valence-corrected chi connectivity index (χ4v) is 0. The van der Waals surface area contributed by atoms with E-state index in [9.17, 15) is 12.9 Å². The highest BCUT2D eigenvalue weighted by Crippen LogP contribution is 1.58. The van der Waals surface area contributed by atoms with Crippen LogP contribution in [-0.2, 0) is 4.79 Å². The Morgan fingerprint density at radius 1 is 0.733 bits per heavy atom. The molecule has 0 amide bonds. The van der Waals surface area contributed by atoms with Crippen molar-refractivity contribution >= 4 is 28.7 Å². The van der Waals surface area contributed by atoms with E-state index in [4.69, 9.17) is 40.0 Å². The molecule has 0 aliphatic heterocycles. The van der Waals surface area contributed by atoms with E-state index in [2.05, 4.69) is 0 Å². The average Bonchev–Trinajstić information content (AvgIpc) is 1.81. The van der Waals surface area contributed by atoms with E-state index in [0.717, 1.165) is 0 Å².